The summed E-state index contributed by atoms with van der Waals surface area (Å²) in [5.41, 5.74) is 2.98. The summed E-state index contributed by atoms with van der Waals surface area (Å²) in [5.74, 6) is -0.249. The molecule has 1 aromatic heterocycles. The molecule has 8 heteroatoms. The predicted octanol–water partition coefficient (Wildman–Crippen LogP) is 3.10. The molecule has 7 nitrogen and oxygen atoms in total. The average Bonchev–Trinajstić information content (AvgIpc) is 3.13. The SMILES string of the molecule is O=C(c1ccc(CO)cc1)N1CCc2noc(-c3cc(Cl)c(O)cc3O)c2C1. The van der Waals surface area contributed by atoms with E-state index in [0.29, 0.717) is 35.4 Å². The number of aliphatic hydroxyl groups is 1. The number of fused-ring (bicyclic) bond motifs is 1. The van der Waals surface area contributed by atoms with Gasteiger partial charge in [-0.05, 0) is 23.8 Å². The quantitative estimate of drug-likeness (QED) is 0.623. The van der Waals surface area contributed by atoms with Crippen LogP contribution in [0.3, 0.4) is 0 Å². The molecule has 1 aliphatic heterocycles. The van der Waals surface area contributed by atoms with Gasteiger partial charge in [-0.1, -0.05) is 28.9 Å². The number of nitrogens with zero attached hydrogens (tertiary/aromatic N) is 2. The molecule has 4 rings (SSSR count). The van der Waals surface area contributed by atoms with Gasteiger partial charge in [0.25, 0.3) is 5.91 Å². The number of aliphatic hydroxyl groups excluding tert-OH is 1. The van der Waals surface area contributed by atoms with Crippen molar-refractivity contribution >= 4 is 17.5 Å². The molecule has 0 atom stereocenters. The van der Waals surface area contributed by atoms with Crippen LogP contribution in [-0.2, 0) is 19.6 Å². The van der Waals surface area contributed by atoms with Crippen LogP contribution in [-0.4, -0.2) is 37.8 Å². The number of aromatic nitrogens is 1. The fourth-order valence-electron chi connectivity index (χ4n) is 3.27. The Morgan fingerprint density at radius 1 is 1.18 bits per heavy atom. The fourth-order valence-corrected chi connectivity index (χ4v) is 3.43. The van der Waals surface area contributed by atoms with E-state index in [-0.39, 0.29) is 35.6 Å². The lowest BCUT2D eigenvalue weighted by molar-refractivity contribution is 0.0734. The number of aromatic hydroxyl groups is 2. The van der Waals surface area contributed by atoms with E-state index >= 15 is 0 Å². The van der Waals surface area contributed by atoms with Crippen molar-refractivity contribution in [2.75, 3.05) is 6.54 Å². The summed E-state index contributed by atoms with van der Waals surface area (Å²) < 4.78 is 5.43. The van der Waals surface area contributed by atoms with Crippen LogP contribution in [0.15, 0.2) is 40.9 Å². The average molecular weight is 401 g/mol. The van der Waals surface area contributed by atoms with E-state index in [2.05, 4.69) is 5.16 Å². The van der Waals surface area contributed by atoms with Crippen LogP contribution in [0.4, 0.5) is 0 Å². The molecule has 3 N–H and O–H groups in total. The molecule has 0 aliphatic carbocycles. The van der Waals surface area contributed by atoms with E-state index < -0.39 is 0 Å². The van der Waals surface area contributed by atoms with Gasteiger partial charge in [-0.3, -0.25) is 4.79 Å². The number of benzene rings is 2. The molecule has 0 unspecified atom stereocenters. The largest absolute Gasteiger partial charge is 0.507 e. The highest BCUT2D eigenvalue weighted by Crippen LogP contribution is 2.40. The first-order valence-electron chi connectivity index (χ1n) is 8.66. The van der Waals surface area contributed by atoms with Crippen molar-refractivity contribution < 1.29 is 24.6 Å². The lowest BCUT2D eigenvalue weighted by Gasteiger charge is -2.26. The summed E-state index contributed by atoms with van der Waals surface area (Å²) in [6, 6.07) is 9.34. The molecule has 28 heavy (non-hydrogen) atoms. The molecular formula is C20H17ClN2O5. The monoisotopic (exact) mass is 400 g/mol. The van der Waals surface area contributed by atoms with E-state index in [1.54, 1.807) is 29.2 Å². The van der Waals surface area contributed by atoms with Crippen LogP contribution >= 0.6 is 11.6 Å². The molecule has 2 aromatic carbocycles. The molecule has 0 saturated heterocycles. The number of hydrogen-bond acceptors (Lipinski definition) is 6. The Bertz CT molecular complexity index is 1050. The van der Waals surface area contributed by atoms with Crippen LogP contribution in [0.25, 0.3) is 11.3 Å². The Labute approximate surface area is 165 Å². The second kappa shape index (κ2) is 7.18. The van der Waals surface area contributed by atoms with Crippen molar-refractivity contribution in [3.8, 4) is 22.8 Å². The van der Waals surface area contributed by atoms with Crippen LogP contribution in [0.5, 0.6) is 11.5 Å². The maximum Gasteiger partial charge on any atom is 0.254 e. The molecule has 0 fully saturated rings. The van der Waals surface area contributed by atoms with Gasteiger partial charge in [-0.2, -0.15) is 0 Å². The maximum atomic E-state index is 12.9. The first-order valence-corrected chi connectivity index (χ1v) is 9.04. The van der Waals surface area contributed by atoms with E-state index in [9.17, 15) is 15.0 Å². The van der Waals surface area contributed by atoms with Gasteiger partial charge >= 0.3 is 0 Å². The molecule has 3 aromatic rings. The van der Waals surface area contributed by atoms with Crippen molar-refractivity contribution in [3.05, 3.63) is 63.8 Å². The van der Waals surface area contributed by atoms with Crippen LogP contribution in [0, 0.1) is 0 Å². The van der Waals surface area contributed by atoms with Crippen molar-refractivity contribution in [1.29, 1.82) is 0 Å². The highest BCUT2D eigenvalue weighted by molar-refractivity contribution is 6.32. The predicted molar refractivity (Wildman–Crippen MR) is 101 cm³/mol. The Balaban J connectivity index is 1.64. The minimum absolute atomic E-state index is 0.0747. The van der Waals surface area contributed by atoms with Crippen molar-refractivity contribution in [2.45, 2.75) is 19.6 Å². The molecule has 0 saturated carbocycles. The molecule has 1 amide bonds. The second-order valence-electron chi connectivity index (χ2n) is 6.59. The number of halogens is 1. The van der Waals surface area contributed by atoms with Gasteiger partial charge in [-0.25, -0.2) is 0 Å². The number of rotatable bonds is 3. The zero-order valence-electron chi connectivity index (χ0n) is 14.7. The number of hydrogen-bond donors (Lipinski definition) is 3. The van der Waals surface area contributed by atoms with Gasteiger partial charge < -0.3 is 24.7 Å². The first kappa shape index (κ1) is 18.3. The van der Waals surface area contributed by atoms with Crippen molar-refractivity contribution in [2.24, 2.45) is 0 Å². The van der Waals surface area contributed by atoms with Gasteiger partial charge in [0, 0.05) is 30.2 Å². The van der Waals surface area contributed by atoms with Gasteiger partial charge in [0.15, 0.2) is 5.76 Å². The topological polar surface area (TPSA) is 107 Å². The number of carbonyl (C=O) groups is 1. The molecule has 1 aliphatic rings. The molecule has 0 spiro atoms. The molecule has 2 heterocycles. The van der Waals surface area contributed by atoms with Crippen LogP contribution in [0.2, 0.25) is 5.02 Å². The third-order valence-electron chi connectivity index (χ3n) is 4.82. The smallest absolute Gasteiger partial charge is 0.254 e. The fraction of sp³-hybridized carbons (Fsp3) is 0.200. The summed E-state index contributed by atoms with van der Waals surface area (Å²) in [4.78, 5) is 14.5. The lowest BCUT2D eigenvalue weighted by atomic mass is 10.00. The van der Waals surface area contributed by atoms with E-state index in [1.165, 1.54) is 6.07 Å². The third-order valence-corrected chi connectivity index (χ3v) is 5.12. The van der Waals surface area contributed by atoms with Gasteiger partial charge in [0.05, 0.1) is 29.4 Å². The van der Waals surface area contributed by atoms with E-state index in [1.807, 2.05) is 0 Å². The van der Waals surface area contributed by atoms with Gasteiger partial charge in [-0.15, -0.1) is 0 Å². The number of phenols is 2. The summed E-state index contributed by atoms with van der Waals surface area (Å²) in [5, 5.41) is 33.1. The van der Waals surface area contributed by atoms with E-state index in [4.69, 9.17) is 21.2 Å². The second-order valence-corrected chi connectivity index (χ2v) is 7.00. The summed E-state index contributed by atoms with van der Waals surface area (Å²) in [6.45, 7) is 0.679. The Morgan fingerprint density at radius 2 is 1.93 bits per heavy atom. The first-order chi connectivity index (χ1) is 13.5. The highest BCUT2D eigenvalue weighted by Gasteiger charge is 2.29. The number of amides is 1. The number of carbonyl (C=O) groups excluding carboxylic acids is 1. The Kier molecular flexibility index (Phi) is 4.70. The standard InChI is InChI=1S/C20H17ClN2O5/c21-15-7-13(17(25)8-18(15)26)19-14-9-23(6-5-16(14)22-28-19)20(27)12-3-1-11(10-24)2-4-12/h1-4,7-8,24-26H,5-6,9-10H2. The molecule has 144 valence electrons. The summed E-state index contributed by atoms with van der Waals surface area (Å²) in [7, 11) is 0. The zero-order chi connectivity index (χ0) is 19.8. The van der Waals surface area contributed by atoms with Gasteiger partial charge in [0.1, 0.15) is 11.5 Å². The normalized spacial score (nSPS) is 13.4. The van der Waals surface area contributed by atoms with Crippen molar-refractivity contribution in [3.63, 3.8) is 0 Å². The third kappa shape index (κ3) is 3.19. The summed E-state index contributed by atoms with van der Waals surface area (Å²) in [6.07, 6.45) is 0.520. The van der Waals surface area contributed by atoms with Crippen LogP contribution < -0.4 is 0 Å². The number of phenolic OH excluding ortho intramolecular Hbond substituents is 2. The molecule has 0 radical (unpaired) electrons. The molecule has 0 bridgehead atoms. The minimum Gasteiger partial charge on any atom is -0.507 e. The Hall–Kier alpha value is -3.03. The van der Waals surface area contributed by atoms with Crippen LogP contribution in [0.1, 0.15) is 27.2 Å². The van der Waals surface area contributed by atoms with Gasteiger partial charge in [0.2, 0.25) is 0 Å². The van der Waals surface area contributed by atoms with Crippen molar-refractivity contribution in [1.82, 2.24) is 10.1 Å². The minimum atomic E-state index is -0.237. The molecular weight excluding hydrogens is 384 g/mol. The Morgan fingerprint density at radius 3 is 2.64 bits per heavy atom. The summed E-state index contributed by atoms with van der Waals surface area (Å²) >= 11 is 5.96. The highest BCUT2D eigenvalue weighted by atomic mass is 35.5. The maximum absolute atomic E-state index is 12.9. The van der Waals surface area contributed by atoms with E-state index in [0.717, 1.165) is 17.3 Å². The zero-order valence-corrected chi connectivity index (χ0v) is 15.5. The lowest BCUT2D eigenvalue weighted by Crippen LogP contribution is -2.35.